The highest BCUT2D eigenvalue weighted by Gasteiger charge is 2.22. The predicted octanol–water partition coefficient (Wildman–Crippen LogP) is 3.53. The lowest BCUT2D eigenvalue weighted by molar-refractivity contribution is -0.384. The second-order valence-electron chi connectivity index (χ2n) is 4.85. The molecule has 116 valence electrons. The van der Waals surface area contributed by atoms with Gasteiger partial charge in [-0.05, 0) is 30.5 Å². The molecule has 1 aromatic carbocycles. The summed E-state index contributed by atoms with van der Waals surface area (Å²) < 4.78 is 0. The van der Waals surface area contributed by atoms with E-state index in [0.717, 1.165) is 4.88 Å². The molecule has 2 aromatic rings. The highest BCUT2D eigenvalue weighted by Crippen LogP contribution is 2.28. The van der Waals surface area contributed by atoms with Gasteiger partial charge in [0.1, 0.15) is 5.69 Å². The number of nitro groups is 1. The second kappa shape index (κ2) is 6.57. The zero-order chi connectivity index (χ0) is 16.3. The fourth-order valence-electron chi connectivity index (χ4n) is 2.13. The third-order valence-corrected chi connectivity index (χ3v) is 4.61. The molecule has 0 bridgehead atoms. The van der Waals surface area contributed by atoms with Crippen molar-refractivity contribution in [2.75, 3.05) is 19.4 Å². The molecule has 0 spiro atoms. The number of thiophene rings is 1. The van der Waals surface area contributed by atoms with Gasteiger partial charge in [-0.1, -0.05) is 6.07 Å². The van der Waals surface area contributed by atoms with E-state index >= 15 is 0 Å². The van der Waals surface area contributed by atoms with Gasteiger partial charge < -0.3 is 10.2 Å². The summed E-state index contributed by atoms with van der Waals surface area (Å²) in [7, 11) is 3.30. The van der Waals surface area contributed by atoms with E-state index in [1.807, 2.05) is 24.4 Å². The van der Waals surface area contributed by atoms with Crippen LogP contribution in [0.5, 0.6) is 0 Å². The first-order valence-corrected chi connectivity index (χ1v) is 7.60. The van der Waals surface area contributed by atoms with Crippen LogP contribution in [0.1, 0.15) is 28.2 Å². The molecule has 0 unspecified atom stereocenters. The van der Waals surface area contributed by atoms with Crippen molar-refractivity contribution in [2.45, 2.75) is 13.0 Å². The Morgan fingerprint density at radius 1 is 1.41 bits per heavy atom. The number of nitrogens with zero attached hydrogens (tertiary/aromatic N) is 2. The van der Waals surface area contributed by atoms with Crippen LogP contribution < -0.4 is 5.32 Å². The number of nitro benzene ring substituents is 1. The zero-order valence-corrected chi connectivity index (χ0v) is 13.4. The number of hydrogen-bond acceptors (Lipinski definition) is 5. The topological polar surface area (TPSA) is 75.5 Å². The van der Waals surface area contributed by atoms with Gasteiger partial charge in [0.15, 0.2) is 0 Å². The number of carbonyl (C=O) groups excluding carboxylic acids is 1. The highest BCUT2D eigenvalue weighted by atomic mass is 32.1. The monoisotopic (exact) mass is 319 g/mol. The Labute approximate surface area is 132 Å². The fraction of sp³-hybridized carbons (Fsp3) is 0.267. The maximum absolute atomic E-state index is 12.5. The lowest BCUT2D eigenvalue weighted by Gasteiger charge is -2.24. The van der Waals surface area contributed by atoms with E-state index in [1.54, 1.807) is 42.5 Å². The molecule has 0 radical (unpaired) electrons. The summed E-state index contributed by atoms with van der Waals surface area (Å²) >= 11 is 1.57. The van der Waals surface area contributed by atoms with Crippen LogP contribution >= 0.6 is 11.3 Å². The van der Waals surface area contributed by atoms with Crippen molar-refractivity contribution in [3.8, 4) is 0 Å². The van der Waals surface area contributed by atoms with Crippen LogP contribution in [0, 0.1) is 10.1 Å². The van der Waals surface area contributed by atoms with Crippen LogP contribution in [0.3, 0.4) is 0 Å². The first kappa shape index (κ1) is 16.0. The van der Waals surface area contributed by atoms with Gasteiger partial charge >= 0.3 is 0 Å². The van der Waals surface area contributed by atoms with E-state index < -0.39 is 4.92 Å². The summed E-state index contributed by atoms with van der Waals surface area (Å²) in [6.45, 7) is 1.93. The predicted molar refractivity (Wildman–Crippen MR) is 87.5 cm³/mol. The van der Waals surface area contributed by atoms with Crippen LogP contribution in [0.15, 0.2) is 35.7 Å². The molecule has 0 saturated carbocycles. The van der Waals surface area contributed by atoms with E-state index in [1.165, 1.54) is 6.07 Å². The van der Waals surface area contributed by atoms with Crippen molar-refractivity contribution in [3.63, 3.8) is 0 Å². The maximum atomic E-state index is 12.5. The summed E-state index contributed by atoms with van der Waals surface area (Å²) in [5.74, 6) is -0.244. The van der Waals surface area contributed by atoms with Gasteiger partial charge in [-0.15, -0.1) is 11.3 Å². The largest absolute Gasteiger partial charge is 0.383 e. The number of benzene rings is 1. The molecule has 0 fully saturated rings. The molecule has 1 amide bonds. The summed E-state index contributed by atoms with van der Waals surface area (Å²) in [6, 6.07) is 8.27. The number of carbonyl (C=O) groups is 1. The number of rotatable bonds is 5. The average Bonchev–Trinajstić information content (AvgIpc) is 3.06. The number of nitrogens with one attached hydrogen (secondary N) is 1. The quantitative estimate of drug-likeness (QED) is 0.675. The van der Waals surface area contributed by atoms with E-state index in [9.17, 15) is 14.9 Å². The lowest BCUT2D eigenvalue weighted by atomic mass is 10.1. The Balaban J connectivity index is 2.29. The molecular weight excluding hydrogens is 302 g/mol. The van der Waals surface area contributed by atoms with Crippen molar-refractivity contribution in [2.24, 2.45) is 0 Å². The Bertz CT molecular complexity index is 685. The van der Waals surface area contributed by atoms with Crippen molar-refractivity contribution in [3.05, 3.63) is 56.3 Å². The number of anilines is 1. The molecule has 0 aliphatic rings. The Hall–Kier alpha value is -2.41. The highest BCUT2D eigenvalue weighted by molar-refractivity contribution is 7.10. The molecule has 1 N–H and O–H groups in total. The Morgan fingerprint density at radius 3 is 2.68 bits per heavy atom. The van der Waals surface area contributed by atoms with Gasteiger partial charge in [0.05, 0.1) is 11.0 Å². The molecule has 2 rings (SSSR count). The summed E-state index contributed by atoms with van der Waals surface area (Å²) in [4.78, 5) is 25.8. The van der Waals surface area contributed by atoms with Crippen LogP contribution in [0.4, 0.5) is 11.4 Å². The number of amides is 1. The van der Waals surface area contributed by atoms with E-state index in [0.29, 0.717) is 11.3 Å². The van der Waals surface area contributed by atoms with Gasteiger partial charge in [0.25, 0.3) is 11.6 Å². The van der Waals surface area contributed by atoms with Gasteiger partial charge in [-0.3, -0.25) is 14.9 Å². The molecular formula is C15H17N3O3S. The Morgan fingerprint density at radius 2 is 2.14 bits per heavy atom. The Kier molecular flexibility index (Phi) is 4.77. The van der Waals surface area contributed by atoms with E-state index in [-0.39, 0.29) is 17.6 Å². The van der Waals surface area contributed by atoms with Crippen molar-refractivity contribution in [1.82, 2.24) is 4.90 Å². The van der Waals surface area contributed by atoms with Gasteiger partial charge in [0.2, 0.25) is 0 Å². The van der Waals surface area contributed by atoms with Crippen LogP contribution in [0.2, 0.25) is 0 Å². The fourth-order valence-corrected chi connectivity index (χ4v) is 2.95. The molecule has 1 atom stereocenters. The molecule has 1 heterocycles. The molecule has 0 aliphatic heterocycles. The minimum Gasteiger partial charge on any atom is -0.383 e. The lowest BCUT2D eigenvalue weighted by Crippen LogP contribution is -2.29. The van der Waals surface area contributed by atoms with Crippen molar-refractivity contribution < 1.29 is 9.72 Å². The molecule has 0 aliphatic carbocycles. The molecule has 0 saturated heterocycles. The van der Waals surface area contributed by atoms with Gasteiger partial charge in [-0.2, -0.15) is 0 Å². The van der Waals surface area contributed by atoms with Crippen LogP contribution in [-0.2, 0) is 0 Å². The van der Waals surface area contributed by atoms with Crippen LogP contribution in [-0.4, -0.2) is 29.8 Å². The molecule has 6 nitrogen and oxygen atoms in total. The maximum Gasteiger partial charge on any atom is 0.293 e. The summed E-state index contributed by atoms with van der Waals surface area (Å²) in [5.41, 5.74) is 0.581. The molecule has 22 heavy (non-hydrogen) atoms. The first-order chi connectivity index (χ1) is 10.5. The van der Waals surface area contributed by atoms with Gasteiger partial charge in [-0.25, -0.2) is 0 Å². The normalized spacial score (nSPS) is 11.8. The van der Waals surface area contributed by atoms with Gasteiger partial charge in [0, 0.05) is 30.6 Å². The average molecular weight is 319 g/mol. The molecule has 1 aromatic heterocycles. The second-order valence-corrected chi connectivity index (χ2v) is 5.83. The summed E-state index contributed by atoms with van der Waals surface area (Å²) in [6.07, 6.45) is 0. The van der Waals surface area contributed by atoms with E-state index in [2.05, 4.69) is 5.32 Å². The third kappa shape index (κ3) is 3.09. The standard InChI is InChI=1S/C15H17N3O3S/c1-10(14-5-4-8-22-14)17(3)15(19)11-6-7-12(16-2)13(9-11)18(20)21/h4-10,16H,1-3H3/t10-/m1/s1. The van der Waals surface area contributed by atoms with E-state index in [4.69, 9.17) is 0 Å². The zero-order valence-electron chi connectivity index (χ0n) is 12.6. The van der Waals surface area contributed by atoms with Crippen LogP contribution in [0.25, 0.3) is 0 Å². The third-order valence-electron chi connectivity index (χ3n) is 3.57. The SMILES string of the molecule is CNc1ccc(C(=O)N(C)[C@H](C)c2cccs2)cc1[N+](=O)[O-]. The minimum absolute atomic E-state index is 0.0875. The molecule has 7 heteroatoms. The minimum atomic E-state index is -0.495. The first-order valence-electron chi connectivity index (χ1n) is 6.72. The smallest absolute Gasteiger partial charge is 0.293 e. The van der Waals surface area contributed by atoms with Crippen molar-refractivity contribution in [1.29, 1.82) is 0 Å². The van der Waals surface area contributed by atoms with Crippen molar-refractivity contribution >= 4 is 28.6 Å². The summed E-state index contributed by atoms with van der Waals surface area (Å²) in [5, 5.41) is 15.8. The number of hydrogen-bond donors (Lipinski definition) is 1.